The highest BCUT2D eigenvalue weighted by molar-refractivity contribution is 6.35. The number of carbonyl (C=O) groups is 1. The molecule has 0 atom stereocenters. The van der Waals surface area contributed by atoms with Gasteiger partial charge in [-0.15, -0.1) is 0 Å². The second-order valence-electron chi connectivity index (χ2n) is 6.67. The zero-order valence-electron chi connectivity index (χ0n) is 17.4. The minimum Gasteiger partial charge on any atom is -0.493 e. The maximum atomic E-state index is 11.4. The van der Waals surface area contributed by atoms with E-state index in [2.05, 4.69) is 15.3 Å². The van der Waals surface area contributed by atoms with Crippen molar-refractivity contribution in [1.29, 1.82) is 0 Å². The second-order valence-corrected chi connectivity index (χ2v) is 7.08. The number of fused-ring (bicyclic) bond motifs is 1. The summed E-state index contributed by atoms with van der Waals surface area (Å²) in [5, 5.41) is 13.5. The highest BCUT2D eigenvalue weighted by atomic mass is 35.5. The maximum absolute atomic E-state index is 11.4. The molecule has 0 amide bonds. The van der Waals surface area contributed by atoms with Crippen molar-refractivity contribution in [2.45, 2.75) is 0 Å². The van der Waals surface area contributed by atoms with Crippen molar-refractivity contribution in [3.8, 4) is 22.9 Å². The molecule has 0 saturated heterocycles. The first-order chi connectivity index (χ1) is 15.4. The lowest BCUT2D eigenvalue weighted by atomic mass is 10.2. The number of halogens is 1. The Morgan fingerprint density at radius 2 is 1.81 bits per heavy atom. The summed E-state index contributed by atoms with van der Waals surface area (Å²) >= 11 is 6.37. The molecule has 2 aromatic carbocycles. The SMILES string of the molecule is COc1cc(Nc2ncc3c(Cl)cn(-c4cccc(C(=O)O)c4)c3n2)cc(OC)c1OC. The van der Waals surface area contributed by atoms with E-state index in [0.29, 0.717) is 50.6 Å². The third kappa shape index (κ3) is 3.85. The van der Waals surface area contributed by atoms with Gasteiger partial charge in [0.15, 0.2) is 17.1 Å². The van der Waals surface area contributed by atoms with Crippen LogP contribution in [0.3, 0.4) is 0 Å². The minimum absolute atomic E-state index is 0.158. The van der Waals surface area contributed by atoms with Gasteiger partial charge in [-0.3, -0.25) is 4.57 Å². The van der Waals surface area contributed by atoms with Gasteiger partial charge >= 0.3 is 5.97 Å². The van der Waals surface area contributed by atoms with Gasteiger partial charge in [-0.05, 0) is 18.2 Å². The lowest BCUT2D eigenvalue weighted by Gasteiger charge is -2.14. The van der Waals surface area contributed by atoms with E-state index < -0.39 is 5.97 Å². The minimum atomic E-state index is -1.02. The van der Waals surface area contributed by atoms with Gasteiger partial charge in [-0.1, -0.05) is 17.7 Å². The quantitative estimate of drug-likeness (QED) is 0.419. The highest BCUT2D eigenvalue weighted by Crippen LogP contribution is 2.40. The van der Waals surface area contributed by atoms with E-state index >= 15 is 0 Å². The van der Waals surface area contributed by atoms with Crippen molar-refractivity contribution < 1.29 is 24.1 Å². The molecule has 2 N–H and O–H groups in total. The molecule has 0 saturated carbocycles. The normalized spacial score (nSPS) is 10.8. The smallest absolute Gasteiger partial charge is 0.335 e. The fourth-order valence-electron chi connectivity index (χ4n) is 3.30. The molecule has 9 nitrogen and oxygen atoms in total. The molecule has 10 heteroatoms. The Kier molecular flexibility index (Phi) is 5.74. The molecule has 0 unspecified atom stereocenters. The van der Waals surface area contributed by atoms with E-state index in [1.165, 1.54) is 27.4 Å². The van der Waals surface area contributed by atoms with E-state index in [0.717, 1.165) is 0 Å². The predicted molar refractivity (Wildman–Crippen MR) is 120 cm³/mol. The molecule has 4 aromatic rings. The van der Waals surface area contributed by atoms with Gasteiger partial charge in [-0.25, -0.2) is 9.78 Å². The van der Waals surface area contributed by atoms with Crippen molar-refractivity contribution >= 4 is 40.2 Å². The van der Waals surface area contributed by atoms with Crippen LogP contribution in [0.15, 0.2) is 48.8 Å². The van der Waals surface area contributed by atoms with Gasteiger partial charge in [-0.2, -0.15) is 4.98 Å². The van der Waals surface area contributed by atoms with Crippen molar-refractivity contribution in [2.24, 2.45) is 0 Å². The fourth-order valence-corrected chi connectivity index (χ4v) is 3.53. The highest BCUT2D eigenvalue weighted by Gasteiger charge is 2.16. The van der Waals surface area contributed by atoms with Gasteiger partial charge in [0.05, 0.1) is 37.3 Å². The number of carboxylic acid groups (broad SMARTS) is 1. The molecule has 0 spiro atoms. The Labute approximate surface area is 188 Å². The van der Waals surface area contributed by atoms with E-state index in [1.807, 2.05) is 0 Å². The molecule has 4 rings (SSSR count). The number of methoxy groups -OCH3 is 3. The van der Waals surface area contributed by atoms with E-state index in [9.17, 15) is 9.90 Å². The number of aromatic carboxylic acids is 1. The summed E-state index contributed by atoms with van der Waals surface area (Å²) < 4.78 is 17.8. The van der Waals surface area contributed by atoms with Gasteiger partial charge in [0.1, 0.15) is 0 Å². The van der Waals surface area contributed by atoms with Crippen LogP contribution in [0.4, 0.5) is 11.6 Å². The fraction of sp³-hybridized carbons (Fsp3) is 0.136. The van der Waals surface area contributed by atoms with E-state index in [-0.39, 0.29) is 5.56 Å². The van der Waals surface area contributed by atoms with Crippen LogP contribution in [-0.4, -0.2) is 46.9 Å². The Balaban J connectivity index is 1.77. The molecule has 0 radical (unpaired) electrons. The van der Waals surface area contributed by atoms with E-state index in [4.69, 9.17) is 25.8 Å². The molecular formula is C22H19ClN4O5. The van der Waals surface area contributed by atoms with Crippen molar-refractivity contribution in [2.75, 3.05) is 26.6 Å². The van der Waals surface area contributed by atoms with Crippen LogP contribution in [-0.2, 0) is 0 Å². The monoisotopic (exact) mass is 454 g/mol. The number of nitrogens with zero attached hydrogens (tertiary/aromatic N) is 3. The molecule has 0 bridgehead atoms. The number of rotatable bonds is 7. The molecule has 0 fully saturated rings. The number of aromatic nitrogens is 3. The van der Waals surface area contributed by atoms with Gasteiger partial charge < -0.3 is 24.6 Å². The van der Waals surface area contributed by atoms with Crippen LogP contribution >= 0.6 is 11.6 Å². The van der Waals surface area contributed by atoms with E-state index in [1.54, 1.807) is 47.3 Å². The van der Waals surface area contributed by atoms with Crippen LogP contribution in [0.1, 0.15) is 10.4 Å². The molecule has 2 aromatic heterocycles. The first-order valence-corrected chi connectivity index (χ1v) is 9.77. The average molecular weight is 455 g/mol. The number of hydrogen-bond acceptors (Lipinski definition) is 7. The summed E-state index contributed by atoms with van der Waals surface area (Å²) in [5.41, 5.74) is 1.91. The van der Waals surface area contributed by atoms with Crippen LogP contribution in [0.25, 0.3) is 16.7 Å². The molecular weight excluding hydrogens is 436 g/mol. The Morgan fingerprint density at radius 3 is 2.44 bits per heavy atom. The maximum Gasteiger partial charge on any atom is 0.335 e. The Bertz CT molecular complexity index is 1300. The van der Waals surface area contributed by atoms with Gasteiger partial charge in [0, 0.05) is 35.9 Å². The zero-order valence-corrected chi connectivity index (χ0v) is 18.2. The zero-order chi connectivity index (χ0) is 22.8. The Morgan fingerprint density at radius 1 is 1.09 bits per heavy atom. The Hall–Kier alpha value is -3.98. The van der Waals surface area contributed by atoms with Crippen LogP contribution < -0.4 is 19.5 Å². The van der Waals surface area contributed by atoms with Crippen molar-refractivity contribution in [3.05, 3.63) is 59.4 Å². The first kappa shape index (κ1) is 21.3. The summed E-state index contributed by atoms with van der Waals surface area (Å²) in [4.78, 5) is 20.3. The van der Waals surface area contributed by atoms with Crippen molar-refractivity contribution in [3.63, 3.8) is 0 Å². The molecule has 32 heavy (non-hydrogen) atoms. The predicted octanol–water partition coefficient (Wildman–Crippen LogP) is 4.54. The lowest BCUT2D eigenvalue weighted by Crippen LogP contribution is -2.02. The summed E-state index contributed by atoms with van der Waals surface area (Å²) in [7, 11) is 4.59. The first-order valence-electron chi connectivity index (χ1n) is 9.39. The molecule has 164 valence electrons. The molecule has 2 heterocycles. The number of carboxylic acids is 1. The third-order valence-corrected chi connectivity index (χ3v) is 5.09. The summed E-state index contributed by atoms with van der Waals surface area (Å²) in [6, 6.07) is 9.97. The third-order valence-electron chi connectivity index (χ3n) is 4.79. The van der Waals surface area contributed by atoms with Gasteiger partial charge in [0.2, 0.25) is 11.7 Å². The van der Waals surface area contributed by atoms with Crippen LogP contribution in [0.5, 0.6) is 17.2 Å². The number of benzene rings is 2. The standard InChI is InChI=1S/C22H19ClN4O5/c1-30-17-8-13(9-18(31-2)19(17)32-3)25-22-24-10-15-16(23)11-27(20(15)26-22)14-6-4-5-12(7-14)21(28)29/h4-11H,1-3H3,(H,28,29)(H,24,25,26). The van der Waals surface area contributed by atoms with Crippen LogP contribution in [0.2, 0.25) is 5.02 Å². The molecule has 0 aliphatic carbocycles. The summed E-state index contributed by atoms with van der Waals surface area (Å²) in [6.45, 7) is 0. The number of ether oxygens (including phenoxy) is 3. The number of hydrogen-bond donors (Lipinski definition) is 2. The summed E-state index contributed by atoms with van der Waals surface area (Å²) in [6.07, 6.45) is 3.27. The number of nitrogens with one attached hydrogen (secondary N) is 1. The largest absolute Gasteiger partial charge is 0.493 e. The summed E-state index contributed by atoms with van der Waals surface area (Å²) in [5.74, 6) is 0.710. The van der Waals surface area contributed by atoms with Crippen LogP contribution in [0, 0.1) is 0 Å². The van der Waals surface area contributed by atoms with Gasteiger partial charge in [0.25, 0.3) is 0 Å². The molecule has 0 aliphatic rings. The number of anilines is 2. The molecule has 0 aliphatic heterocycles. The lowest BCUT2D eigenvalue weighted by molar-refractivity contribution is 0.0697. The topological polar surface area (TPSA) is 108 Å². The average Bonchev–Trinajstić information content (AvgIpc) is 3.14. The van der Waals surface area contributed by atoms with Crippen molar-refractivity contribution in [1.82, 2.24) is 14.5 Å². The second kappa shape index (κ2) is 8.64.